The van der Waals surface area contributed by atoms with Crippen LogP contribution in [-0.4, -0.2) is 31.2 Å². The molecule has 0 saturated heterocycles. The fourth-order valence-electron chi connectivity index (χ4n) is 1.33. The minimum atomic E-state index is -0.710. The molecule has 1 aromatic carbocycles. The van der Waals surface area contributed by atoms with Crippen molar-refractivity contribution >= 4 is 11.6 Å². The molecule has 0 spiro atoms. The molecule has 0 aliphatic heterocycles. The summed E-state index contributed by atoms with van der Waals surface area (Å²) in [5, 5.41) is 10.5. The quantitative estimate of drug-likeness (QED) is 0.807. The zero-order valence-corrected chi connectivity index (χ0v) is 10.2. The number of hydrogen-bond donors (Lipinski definition) is 1. The molecule has 15 heavy (non-hydrogen) atoms. The number of hydrogen-bond acceptors (Lipinski definition) is 3. The van der Waals surface area contributed by atoms with Crippen molar-refractivity contribution < 1.29 is 9.84 Å². The Morgan fingerprint density at radius 1 is 1.40 bits per heavy atom. The van der Waals surface area contributed by atoms with Crippen LogP contribution in [0.2, 0.25) is 5.02 Å². The van der Waals surface area contributed by atoms with Crippen LogP contribution in [0.5, 0.6) is 5.75 Å². The van der Waals surface area contributed by atoms with E-state index in [0.717, 1.165) is 5.56 Å². The Morgan fingerprint density at radius 3 is 2.47 bits per heavy atom. The molecule has 0 bridgehead atoms. The maximum absolute atomic E-state index is 9.91. The van der Waals surface area contributed by atoms with Crippen LogP contribution < -0.4 is 4.74 Å². The molecule has 4 heteroatoms. The average molecular weight is 230 g/mol. The zero-order valence-electron chi connectivity index (χ0n) is 9.41. The topological polar surface area (TPSA) is 32.7 Å². The Bertz CT molecular complexity index is 353. The van der Waals surface area contributed by atoms with Crippen LogP contribution in [0.4, 0.5) is 0 Å². The van der Waals surface area contributed by atoms with E-state index in [2.05, 4.69) is 0 Å². The Balaban J connectivity index is 3.21. The fourth-order valence-corrected chi connectivity index (χ4v) is 1.50. The lowest BCUT2D eigenvalue weighted by Crippen LogP contribution is -2.19. The lowest BCUT2D eigenvalue weighted by atomic mass is 10.1. The largest absolute Gasteiger partial charge is 0.496 e. The Kier molecular flexibility index (Phi) is 3.97. The summed E-state index contributed by atoms with van der Waals surface area (Å²) in [6.07, 6.45) is -0.710. The van der Waals surface area contributed by atoms with E-state index in [1.165, 1.54) is 0 Å². The molecule has 1 N–H and O–H groups in total. The lowest BCUT2D eigenvalue weighted by Gasteiger charge is -2.21. The molecule has 0 aromatic heterocycles. The van der Waals surface area contributed by atoms with Gasteiger partial charge in [-0.15, -0.1) is 0 Å². The van der Waals surface area contributed by atoms with Crippen LogP contribution in [0.15, 0.2) is 12.1 Å². The maximum Gasteiger partial charge on any atom is 0.136 e. The molecular weight excluding hydrogens is 214 g/mol. The highest BCUT2D eigenvalue weighted by Crippen LogP contribution is 2.31. The number of aliphatic hydroxyl groups is 1. The summed E-state index contributed by atoms with van der Waals surface area (Å²) >= 11 is 6.01. The summed E-state index contributed by atoms with van der Waals surface area (Å²) in [5.41, 5.74) is 1.61. The zero-order chi connectivity index (χ0) is 11.6. The van der Waals surface area contributed by atoms with Gasteiger partial charge < -0.3 is 9.84 Å². The smallest absolute Gasteiger partial charge is 0.136 e. The molecule has 3 nitrogen and oxygen atoms in total. The highest BCUT2D eigenvalue weighted by Gasteiger charge is 2.16. The fraction of sp³-hybridized carbons (Fsp3) is 0.455. The van der Waals surface area contributed by atoms with Crippen molar-refractivity contribution in [2.45, 2.75) is 13.2 Å². The van der Waals surface area contributed by atoms with Crippen molar-refractivity contribution in [2.24, 2.45) is 0 Å². The van der Waals surface area contributed by atoms with Gasteiger partial charge in [-0.2, -0.15) is 0 Å². The van der Waals surface area contributed by atoms with Crippen molar-refractivity contribution in [3.8, 4) is 5.75 Å². The normalized spacial score (nSPS) is 13.0. The molecule has 0 heterocycles. The second kappa shape index (κ2) is 4.84. The molecule has 1 atom stereocenters. The van der Waals surface area contributed by atoms with E-state index in [-0.39, 0.29) is 0 Å². The minimum Gasteiger partial charge on any atom is -0.496 e. The van der Waals surface area contributed by atoms with Crippen LogP contribution in [0.3, 0.4) is 0 Å². The summed E-state index contributed by atoms with van der Waals surface area (Å²) in [6.45, 7) is 1.90. The second-order valence-corrected chi connectivity index (χ2v) is 4.09. The number of aryl methyl sites for hydroxylation is 1. The van der Waals surface area contributed by atoms with Gasteiger partial charge in [-0.25, -0.2) is 0 Å². The van der Waals surface area contributed by atoms with Crippen LogP contribution in [0.1, 0.15) is 17.4 Å². The van der Waals surface area contributed by atoms with E-state index in [1.54, 1.807) is 32.2 Å². The van der Waals surface area contributed by atoms with Crippen molar-refractivity contribution in [1.29, 1.82) is 0 Å². The summed E-state index contributed by atoms with van der Waals surface area (Å²) < 4.78 is 5.21. The van der Waals surface area contributed by atoms with Crippen LogP contribution in [0, 0.1) is 6.92 Å². The molecule has 1 unspecified atom stereocenters. The number of benzene rings is 1. The molecule has 0 amide bonds. The van der Waals surface area contributed by atoms with E-state index >= 15 is 0 Å². The Hall–Kier alpha value is -0.770. The van der Waals surface area contributed by atoms with Crippen LogP contribution in [0.25, 0.3) is 0 Å². The molecule has 1 rings (SSSR count). The predicted molar refractivity (Wildman–Crippen MR) is 61.4 cm³/mol. The Morgan fingerprint density at radius 2 is 2.00 bits per heavy atom. The van der Waals surface area contributed by atoms with Gasteiger partial charge in [-0.05, 0) is 38.7 Å². The summed E-state index contributed by atoms with van der Waals surface area (Å²) in [6, 6.07) is 3.56. The molecule has 84 valence electrons. The van der Waals surface area contributed by atoms with Gasteiger partial charge in [0, 0.05) is 10.6 Å². The van der Waals surface area contributed by atoms with Crippen molar-refractivity contribution in [2.75, 3.05) is 21.2 Å². The van der Waals surface area contributed by atoms with Gasteiger partial charge in [0.15, 0.2) is 0 Å². The average Bonchev–Trinajstić information content (AvgIpc) is 2.20. The molecular formula is C11H16ClNO2. The van der Waals surface area contributed by atoms with Crippen molar-refractivity contribution in [1.82, 2.24) is 4.90 Å². The van der Waals surface area contributed by atoms with Gasteiger partial charge in [-0.1, -0.05) is 11.6 Å². The predicted octanol–water partition coefficient (Wildman–Crippen LogP) is 2.21. The number of rotatable bonds is 3. The highest BCUT2D eigenvalue weighted by atomic mass is 35.5. The van der Waals surface area contributed by atoms with Crippen molar-refractivity contribution in [3.63, 3.8) is 0 Å². The monoisotopic (exact) mass is 229 g/mol. The standard InChI is InChI=1S/C11H16ClNO2/c1-7-5-10(15-4)8(6-9(7)12)11(14)13(2)3/h5-6,11,14H,1-4H3. The second-order valence-electron chi connectivity index (χ2n) is 3.68. The van der Waals surface area contributed by atoms with Crippen molar-refractivity contribution in [3.05, 3.63) is 28.3 Å². The molecule has 0 aliphatic rings. The first-order valence-corrected chi connectivity index (χ1v) is 5.03. The highest BCUT2D eigenvalue weighted by molar-refractivity contribution is 6.31. The van der Waals surface area contributed by atoms with E-state index < -0.39 is 6.23 Å². The molecule has 1 aromatic rings. The third kappa shape index (κ3) is 2.62. The van der Waals surface area contributed by atoms with E-state index in [0.29, 0.717) is 16.3 Å². The molecule has 0 radical (unpaired) electrons. The number of ether oxygens (including phenoxy) is 1. The first-order chi connectivity index (χ1) is 6.97. The number of nitrogens with zero attached hydrogens (tertiary/aromatic N) is 1. The first kappa shape index (κ1) is 12.3. The van der Waals surface area contributed by atoms with Gasteiger partial charge in [0.2, 0.25) is 0 Å². The summed E-state index contributed by atoms with van der Waals surface area (Å²) in [5.74, 6) is 0.651. The van der Waals surface area contributed by atoms with Gasteiger partial charge in [0.1, 0.15) is 12.0 Å². The number of aliphatic hydroxyl groups excluding tert-OH is 1. The lowest BCUT2D eigenvalue weighted by molar-refractivity contribution is 0.0374. The summed E-state index contributed by atoms with van der Waals surface area (Å²) in [7, 11) is 5.16. The first-order valence-electron chi connectivity index (χ1n) is 4.66. The van der Waals surface area contributed by atoms with Crippen LogP contribution in [-0.2, 0) is 0 Å². The van der Waals surface area contributed by atoms with Crippen LogP contribution >= 0.6 is 11.6 Å². The SMILES string of the molecule is COc1cc(C)c(Cl)cc1C(O)N(C)C. The Labute approximate surface area is 95.2 Å². The third-order valence-corrected chi connectivity index (χ3v) is 2.69. The van der Waals surface area contributed by atoms with E-state index in [9.17, 15) is 5.11 Å². The summed E-state index contributed by atoms with van der Waals surface area (Å²) in [4.78, 5) is 1.68. The van der Waals surface area contributed by atoms with Gasteiger partial charge >= 0.3 is 0 Å². The molecule has 0 fully saturated rings. The minimum absolute atomic E-state index is 0.631. The molecule has 0 saturated carbocycles. The van der Waals surface area contributed by atoms with Gasteiger partial charge in [0.25, 0.3) is 0 Å². The third-order valence-electron chi connectivity index (χ3n) is 2.28. The van der Waals surface area contributed by atoms with Gasteiger partial charge in [0.05, 0.1) is 7.11 Å². The van der Waals surface area contributed by atoms with Gasteiger partial charge in [-0.3, -0.25) is 4.90 Å². The molecule has 0 aliphatic carbocycles. The van der Waals surface area contributed by atoms with E-state index in [4.69, 9.17) is 16.3 Å². The number of methoxy groups -OCH3 is 1. The van der Waals surface area contributed by atoms with E-state index in [1.807, 2.05) is 13.0 Å². The maximum atomic E-state index is 9.91. The number of halogens is 1.